The van der Waals surface area contributed by atoms with Gasteiger partial charge in [-0.25, -0.2) is 0 Å². The van der Waals surface area contributed by atoms with E-state index in [0.29, 0.717) is 19.6 Å². The Kier molecular flexibility index (Phi) is 10.0. The van der Waals surface area contributed by atoms with Crippen molar-refractivity contribution >= 4 is 0 Å². The molecule has 0 spiro atoms. The summed E-state index contributed by atoms with van der Waals surface area (Å²) < 4.78 is 6.17. The van der Waals surface area contributed by atoms with E-state index in [1.54, 1.807) is 0 Å². The molecule has 2 aromatic carbocycles. The van der Waals surface area contributed by atoms with E-state index in [4.69, 9.17) is 21.9 Å². The highest BCUT2D eigenvalue weighted by Crippen LogP contribution is 2.35. The van der Waals surface area contributed by atoms with E-state index >= 15 is 0 Å². The van der Waals surface area contributed by atoms with E-state index in [-0.39, 0.29) is 0 Å². The minimum Gasteiger partial charge on any atom is -0.493 e. The fraction of sp³-hybridized carbons (Fsp3) is 0.500. The van der Waals surface area contributed by atoms with E-state index in [1.807, 2.05) is 6.07 Å². The van der Waals surface area contributed by atoms with Gasteiger partial charge in [0.25, 0.3) is 0 Å². The topological polar surface area (TPSA) is 87.3 Å². The molecule has 0 bridgehead atoms. The third-order valence-electron chi connectivity index (χ3n) is 5.16. The first-order valence-electron chi connectivity index (χ1n) is 10.7. The number of unbranched alkanes of at least 4 members (excludes halogenated alkanes) is 3. The predicted molar refractivity (Wildman–Crippen MR) is 120 cm³/mol. The fourth-order valence-electron chi connectivity index (χ4n) is 3.80. The van der Waals surface area contributed by atoms with E-state index in [1.165, 1.54) is 41.5 Å². The van der Waals surface area contributed by atoms with Crippen molar-refractivity contribution in [1.29, 1.82) is 0 Å². The molecule has 6 N–H and O–H groups in total. The minimum absolute atomic E-state index is 0.608. The van der Waals surface area contributed by atoms with E-state index in [0.717, 1.165) is 43.6 Å². The van der Waals surface area contributed by atoms with Gasteiger partial charge in [0.1, 0.15) is 5.75 Å². The summed E-state index contributed by atoms with van der Waals surface area (Å²) in [4.78, 5) is 0. The van der Waals surface area contributed by atoms with Gasteiger partial charge in [-0.2, -0.15) is 0 Å². The third-order valence-corrected chi connectivity index (χ3v) is 5.16. The smallest absolute Gasteiger partial charge is 0.127 e. The Bertz CT molecular complexity index is 715. The second-order valence-electron chi connectivity index (χ2n) is 7.25. The molecule has 0 aliphatic carbocycles. The molecule has 0 unspecified atom stereocenters. The number of para-hydroxylation sites is 1. The quantitative estimate of drug-likeness (QED) is 0.459. The number of nitrogens with two attached hydrogens (primary N) is 3. The maximum Gasteiger partial charge on any atom is 0.127 e. The molecule has 0 atom stereocenters. The summed E-state index contributed by atoms with van der Waals surface area (Å²) in [6.07, 6.45) is 7.33. The minimum atomic E-state index is 0.608. The number of rotatable bonds is 13. The van der Waals surface area contributed by atoms with Gasteiger partial charge in [0.2, 0.25) is 0 Å². The molecule has 0 saturated carbocycles. The molecule has 4 heteroatoms. The Morgan fingerprint density at radius 3 is 2.14 bits per heavy atom. The first-order valence-corrected chi connectivity index (χ1v) is 10.7. The zero-order valence-electron chi connectivity index (χ0n) is 17.4. The van der Waals surface area contributed by atoms with Crippen LogP contribution in [0.2, 0.25) is 0 Å². The zero-order valence-corrected chi connectivity index (χ0v) is 17.4. The maximum absolute atomic E-state index is 6.17. The van der Waals surface area contributed by atoms with Crippen LogP contribution in [0.15, 0.2) is 36.4 Å². The normalized spacial score (nSPS) is 11.0. The van der Waals surface area contributed by atoms with Crippen molar-refractivity contribution in [2.45, 2.75) is 51.9 Å². The average Bonchev–Trinajstić information content (AvgIpc) is 2.71. The summed E-state index contributed by atoms with van der Waals surface area (Å²) in [5, 5.41) is 0. The first kappa shape index (κ1) is 22.4. The van der Waals surface area contributed by atoms with Gasteiger partial charge in [0, 0.05) is 5.56 Å². The Morgan fingerprint density at radius 2 is 1.43 bits per heavy atom. The molecule has 28 heavy (non-hydrogen) atoms. The Morgan fingerprint density at radius 1 is 0.714 bits per heavy atom. The van der Waals surface area contributed by atoms with Crippen molar-refractivity contribution in [2.75, 3.05) is 26.2 Å². The van der Waals surface area contributed by atoms with Crippen molar-refractivity contribution in [1.82, 2.24) is 0 Å². The first-order chi connectivity index (χ1) is 13.8. The number of ether oxygens (including phenoxy) is 1. The van der Waals surface area contributed by atoms with Crippen LogP contribution in [0, 0.1) is 0 Å². The van der Waals surface area contributed by atoms with Gasteiger partial charge in [-0.3, -0.25) is 0 Å². The summed E-state index contributed by atoms with van der Waals surface area (Å²) >= 11 is 0. The van der Waals surface area contributed by atoms with E-state index in [2.05, 4.69) is 37.3 Å². The lowest BCUT2D eigenvalue weighted by atomic mass is 9.87. The summed E-state index contributed by atoms with van der Waals surface area (Å²) in [7, 11) is 0. The van der Waals surface area contributed by atoms with Gasteiger partial charge in [-0.05, 0) is 73.6 Å². The molecule has 0 aromatic heterocycles. The molecule has 0 aliphatic rings. The van der Waals surface area contributed by atoms with Crippen LogP contribution in [0.25, 0.3) is 11.1 Å². The fourth-order valence-corrected chi connectivity index (χ4v) is 3.80. The van der Waals surface area contributed by atoms with E-state index in [9.17, 15) is 0 Å². The van der Waals surface area contributed by atoms with Crippen LogP contribution < -0.4 is 21.9 Å². The highest BCUT2D eigenvalue weighted by Gasteiger charge is 2.16. The summed E-state index contributed by atoms with van der Waals surface area (Å²) in [6.45, 7) is 4.84. The highest BCUT2D eigenvalue weighted by molar-refractivity contribution is 5.75. The number of benzene rings is 2. The molecule has 154 valence electrons. The third kappa shape index (κ3) is 6.06. The van der Waals surface area contributed by atoms with Crippen molar-refractivity contribution in [2.24, 2.45) is 17.2 Å². The second-order valence-corrected chi connectivity index (χ2v) is 7.25. The van der Waals surface area contributed by atoms with Gasteiger partial charge < -0.3 is 21.9 Å². The Balaban J connectivity index is 2.39. The van der Waals surface area contributed by atoms with Crippen molar-refractivity contribution in [3.05, 3.63) is 53.1 Å². The molecule has 2 rings (SSSR count). The molecule has 0 amide bonds. The van der Waals surface area contributed by atoms with Crippen LogP contribution >= 0.6 is 0 Å². The number of hydrogen-bond donors (Lipinski definition) is 3. The molecule has 0 heterocycles. The van der Waals surface area contributed by atoms with Gasteiger partial charge in [0.15, 0.2) is 0 Å². The van der Waals surface area contributed by atoms with Crippen LogP contribution in [0.4, 0.5) is 0 Å². The van der Waals surface area contributed by atoms with Crippen LogP contribution in [0.5, 0.6) is 5.75 Å². The molecule has 2 aromatic rings. The number of hydrogen-bond acceptors (Lipinski definition) is 4. The van der Waals surface area contributed by atoms with Gasteiger partial charge in [0.05, 0.1) is 6.61 Å². The summed E-state index contributed by atoms with van der Waals surface area (Å²) in [6, 6.07) is 12.7. The maximum atomic E-state index is 6.17. The van der Waals surface area contributed by atoms with Gasteiger partial charge in [-0.1, -0.05) is 56.5 Å². The van der Waals surface area contributed by atoms with Crippen LogP contribution in [-0.2, 0) is 19.3 Å². The van der Waals surface area contributed by atoms with Crippen LogP contribution in [-0.4, -0.2) is 26.2 Å². The van der Waals surface area contributed by atoms with Crippen molar-refractivity contribution < 1.29 is 4.74 Å². The zero-order chi connectivity index (χ0) is 20.2. The molecular weight excluding hydrogens is 346 g/mol. The predicted octanol–water partition coefficient (Wildman–Crippen LogP) is 3.82. The highest BCUT2D eigenvalue weighted by atomic mass is 16.5. The lowest BCUT2D eigenvalue weighted by molar-refractivity contribution is 0.306. The Labute approximate surface area is 170 Å². The molecular formula is C24H37N3O. The standard InChI is InChI=1S/C24H37N3O/c1-2-3-4-7-18-28-24-9-6-5-8-23(24)21-11-10-19(12-15-25)20(13-16-26)22(21)14-17-27/h5-6,8-11H,2-4,7,12-18,25-27H2,1H3. The molecule has 0 saturated heterocycles. The largest absolute Gasteiger partial charge is 0.493 e. The van der Waals surface area contributed by atoms with Gasteiger partial charge >= 0.3 is 0 Å². The molecule has 0 fully saturated rings. The molecule has 0 radical (unpaired) electrons. The van der Waals surface area contributed by atoms with Crippen molar-refractivity contribution in [3.8, 4) is 16.9 Å². The molecule has 0 aliphatic heterocycles. The van der Waals surface area contributed by atoms with Crippen LogP contribution in [0.3, 0.4) is 0 Å². The lowest BCUT2D eigenvalue weighted by Gasteiger charge is -2.20. The summed E-state index contributed by atoms with van der Waals surface area (Å²) in [5.74, 6) is 0.947. The molecule has 4 nitrogen and oxygen atoms in total. The average molecular weight is 384 g/mol. The van der Waals surface area contributed by atoms with Gasteiger partial charge in [-0.15, -0.1) is 0 Å². The Hall–Kier alpha value is -1.88. The van der Waals surface area contributed by atoms with E-state index < -0.39 is 0 Å². The summed E-state index contributed by atoms with van der Waals surface area (Å²) in [5.41, 5.74) is 24.0. The SMILES string of the molecule is CCCCCCOc1ccccc1-c1ccc(CCN)c(CCN)c1CCN. The second kappa shape index (κ2) is 12.6. The van der Waals surface area contributed by atoms with Crippen molar-refractivity contribution in [3.63, 3.8) is 0 Å². The lowest BCUT2D eigenvalue weighted by Crippen LogP contribution is -2.15. The monoisotopic (exact) mass is 383 g/mol. The van der Waals surface area contributed by atoms with Crippen LogP contribution in [0.1, 0.15) is 49.3 Å².